The molecule has 16 heavy (non-hydrogen) atoms. The van der Waals surface area contributed by atoms with Crippen LogP contribution in [0.5, 0.6) is 0 Å². The molecule has 2 heteroatoms. The molecule has 1 aliphatic heterocycles. The van der Waals surface area contributed by atoms with E-state index in [1.165, 1.54) is 37.8 Å². The normalized spacial score (nSPS) is 31.9. The highest BCUT2D eigenvalue weighted by Crippen LogP contribution is 2.51. The Morgan fingerprint density at radius 2 is 2.06 bits per heavy atom. The lowest BCUT2D eigenvalue weighted by atomic mass is 9.60. The molecule has 0 bridgehead atoms. The van der Waals surface area contributed by atoms with Crippen LogP contribution in [-0.2, 0) is 4.79 Å². The van der Waals surface area contributed by atoms with E-state index >= 15 is 0 Å². The highest BCUT2D eigenvalue weighted by Gasteiger charge is 2.46. The summed E-state index contributed by atoms with van der Waals surface area (Å²) in [6.07, 6.45) is 14.8. The van der Waals surface area contributed by atoms with Gasteiger partial charge in [-0.05, 0) is 30.8 Å². The molecule has 1 saturated heterocycles. The number of piperidine rings is 1. The molecule has 0 aromatic heterocycles. The van der Waals surface area contributed by atoms with E-state index in [0.29, 0.717) is 5.92 Å². The van der Waals surface area contributed by atoms with Crippen LogP contribution in [0.3, 0.4) is 0 Å². The van der Waals surface area contributed by atoms with Gasteiger partial charge in [-0.25, -0.2) is 0 Å². The fourth-order valence-corrected chi connectivity index (χ4v) is 3.77. The molecule has 2 nitrogen and oxygen atoms in total. The number of fused-ring (bicyclic) bond motifs is 2. The van der Waals surface area contributed by atoms with E-state index in [1.807, 2.05) is 0 Å². The molecule has 1 unspecified atom stereocenters. The van der Waals surface area contributed by atoms with Crippen molar-refractivity contribution in [1.82, 2.24) is 5.32 Å². The lowest BCUT2D eigenvalue weighted by Gasteiger charge is -2.48. The third-order valence-corrected chi connectivity index (χ3v) is 4.54. The molecule has 1 saturated carbocycles. The summed E-state index contributed by atoms with van der Waals surface area (Å²) in [5, 5.41) is 3.06. The quantitative estimate of drug-likeness (QED) is 0.664. The van der Waals surface area contributed by atoms with Gasteiger partial charge >= 0.3 is 0 Å². The molecular formula is C14H19NO. The molecule has 1 amide bonds. The minimum atomic E-state index is 0.236. The van der Waals surface area contributed by atoms with Gasteiger partial charge in [0.25, 0.3) is 0 Å². The van der Waals surface area contributed by atoms with Crippen LogP contribution in [0.2, 0.25) is 0 Å². The van der Waals surface area contributed by atoms with Crippen LogP contribution >= 0.6 is 0 Å². The Morgan fingerprint density at radius 1 is 1.25 bits per heavy atom. The molecule has 0 aromatic carbocycles. The molecule has 86 valence electrons. The fraction of sp³-hybridized carbons (Fsp3) is 0.643. The average Bonchev–Trinajstić information content (AvgIpc) is 2.30. The topological polar surface area (TPSA) is 29.1 Å². The molecule has 3 rings (SSSR count). The van der Waals surface area contributed by atoms with Crippen LogP contribution in [0.15, 0.2) is 23.9 Å². The van der Waals surface area contributed by atoms with Gasteiger partial charge in [-0.3, -0.25) is 4.79 Å². The number of rotatable bonds is 0. The Balaban J connectivity index is 1.94. The molecule has 3 aliphatic rings. The molecule has 2 fully saturated rings. The number of amides is 1. The predicted molar refractivity (Wildman–Crippen MR) is 63.6 cm³/mol. The number of hydrogen-bond acceptors (Lipinski definition) is 1. The number of allylic oxidation sites excluding steroid dienone is 4. The van der Waals surface area contributed by atoms with Gasteiger partial charge in [0.1, 0.15) is 0 Å². The Morgan fingerprint density at radius 3 is 2.88 bits per heavy atom. The maximum absolute atomic E-state index is 11.8. The summed E-state index contributed by atoms with van der Waals surface area (Å²) in [4.78, 5) is 11.8. The lowest BCUT2D eigenvalue weighted by molar-refractivity contribution is -0.127. The van der Waals surface area contributed by atoms with E-state index in [9.17, 15) is 4.79 Å². The van der Waals surface area contributed by atoms with Gasteiger partial charge in [0.2, 0.25) is 5.91 Å². The molecule has 1 spiro atoms. The monoisotopic (exact) mass is 217 g/mol. The van der Waals surface area contributed by atoms with E-state index in [1.54, 1.807) is 0 Å². The number of carbonyl (C=O) groups excluding carboxylic acids is 1. The number of hydrogen-bond donors (Lipinski definition) is 1. The van der Waals surface area contributed by atoms with Gasteiger partial charge in [-0.2, -0.15) is 0 Å². The Kier molecular flexibility index (Phi) is 2.38. The van der Waals surface area contributed by atoms with Crippen molar-refractivity contribution in [2.24, 2.45) is 11.3 Å². The summed E-state index contributed by atoms with van der Waals surface area (Å²) in [7, 11) is 0. The van der Waals surface area contributed by atoms with Crippen LogP contribution < -0.4 is 5.32 Å². The van der Waals surface area contributed by atoms with Gasteiger partial charge in [0.15, 0.2) is 0 Å². The second-order valence-electron chi connectivity index (χ2n) is 5.49. The van der Waals surface area contributed by atoms with Crippen LogP contribution in [-0.4, -0.2) is 5.91 Å². The first-order valence-electron chi connectivity index (χ1n) is 6.47. The Hall–Kier alpha value is -1.05. The van der Waals surface area contributed by atoms with Crippen molar-refractivity contribution >= 4 is 5.91 Å². The second kappa shape index (κ2) is 3.76. The van der Waals surface area contributed by atoms with Crippen LogP contribution in [0.25, 0.3) is 0 Å². The molecule has 2 aliphatic carbocycles. The lowest BCUT2D eigenvalue weighted by Crippen LogP contribution is -2.47. The Labute approximate surface area is 96.8 Å². The maximum Gasteiger partial charge on any atom is 0.224 e. The molecule has 0 radical (unpaired) electrons. The van der Waals surface area contributed by atoms with Crippen LogP contribution in [0.4, 0.5) is 0 Å². The van der Waals surface area contributed by atoms with Gasteiger partial charge in [0.05, 0.1) is 0 Å². The summed E-state index contributed by atoms with van der Waals surface area (Å²) in [6.45, 7) is 0. The van der Waals surface area contributed by atoms with Crippen molar-refractivity contribution in [3.05, 3.63) is 23.9 Å². The van der Waals surface area contributed by atoms with Crippen LogP contribution in [0, 0.1) is 11.3 Å². The predicted octanol–water partition coefficient (Wildman–Crippen LogP) is 2.92. The summed E-state index contributed by atoms with van der Waals surface area (Å²) < 4.78 is 0. The zero-order chi connectivity index (χ0) is 11.0. The molecular weight excluding hydrogens is 198 g/mol. The first kappa shape index (κ1) is 10.1. The van der Waals surface area contributed by atoms with Gasteiger partial charge < -0.3 is 5.32 Å². The van der Waals surface area contributed by atoms with E-state index in [2.05, 4.69) is 23.5 Å². The third-order valence-electron chi connectivity index (χ3n) is 4.54. The Bertz CT molecular complexity index is 361. The van der Waals surface area contributed by atoms with Gasteiger partial charge in [0, 0.05) is 18.0 Å². The van der Waals surface area contributed by atoms with Crippen molar-refractivity contribution in [3.63, 3.8) is 0 Å². The highest BCUT2D eigenvalue weighted by atomic mass is 16.1. The van der Waals surface area contributed by atoms with Crippen molar-refractivity contribution in [3.8, 4) is 0 Å². The minimum Gasteiger partial charge on any atom is -0.329 e. The van der Waals surface area contributed by atoms with Crippen molar-refractivity contribution in [2.75, 3.05) is 0 Å². The SMILES string of the molecule is O=C1CC2(CCCCC2)C2CC=CC=C2N1. The standard InChI is InChI=1S/C14H19NO/c16-13-10-14(8-4-1-5-9-14)11-6-2-3-7-12(11)15-13/h2-3,7,11H,1,4-6,8-10H2,(H,15,16). The largest absolute Gasteiger partial charge is 0.329 e. The minimum absolute atomic E-state index is 0.236. The number of carbonyl (C=O) groups is 1. The van der Waals surface area contributed by atoms with Crippen molar-refractivity contribution in [2.45, 2.75) is 44.9 Å². The fourth-order valence-electron chi connectivity index (χ4n) is 3.77. The van der Waals surface area contributed by atoms with Gasteiger partial charge in [-0.1, -0.05) is 31.4 Å². The van der Waals surface area contributed by atoms with Crippen molar-refractivity contribution < 1.29 is 4.79 Å². The molecule has 0 aromatic rings. The van der Waals surface area contributed by atoms with Gasteiger partial charge in [-0.15, -0.1) is 0 Å². The smallest absolute Gasteiger partial charge is 0.224 e. The zero-order valence-electron chi connectivity index (χ0n) is 9.67. The molecule has 1 heterocycles. The van der Waals surface area contributed by atoms with Crippen LogP contribution in [0.1, 0.15) is 44.9 Å². The van der Waals surface area contributed by atoms with E-state index < -0.39 is 0 Å². The second-order valence-corrected chi connectivity index (χ2v) is 5.49. The number of nitrogens with one attached hydrogen (secondary N) is 1. The summed E-state index contributed by atoms with van der Waals surface area (Å²) in [5.74, 6) is 0.815. The molecule has 1 atom stereocenters. The summed E-state index contributed by atoms with van der Waals surface area (Å²) in [6, 6.07) is 0. The van der Waals surface area contributed by atoms with E-state index in [4.69, 9.17) is 0 Å². The van der Waals surface area contributed by atoms with E-state index in [-0.39, 0.29) is 11.3 Å². The van der Waals surface area contributed by atoms with E-state index in [0.717, 1.165) is 12.8 Å². The average molecular weight is 217 g/mol. The highest BCUT2D eigenvalue weighted by molar-refractivity contribution is 5.80. The maximum atomic E-state index is 11.8. The first-order valence-corrected chi connectivity index (χ1v) is 6.47. The summed E-state index contributed by atoms with van der Waals surface area (Å²) in [5.41, 5.74) is 1.47. The zero-order valence-corrected chi connectivity index (χ0v) is 9.67. The summed E-state index contributed by atoms with van der Waals surface area (Å²) >= 11 is 0. The third kappa shape index (κ3) is 1.51. The van der Waals surface area contributed by atoms with Crippen molar-refractivity contribution in [1.29, 1.82) is 0 Å². The molecule has 1 N–H and O–H groups in total. The first-order chi connectivity index (χ1) is 7.80.